The maximum absolute atomic E-state index is 12.1. The molecule has 0 aliphatic rings. The average Bonchev–Trinajstić information content (AvgIpc) is 2.75. The van der Waals surface area contributed by atoms with Gasteiger partial charge < -0.3 is 9.47 Å². The SMILES string of the molecule is C[C@H](Oc1ccc(Br)cc1)C(=O)N/N=C\c1ccc(OCc2ccccc2)cc1. The molecular weight excluding hydrogens is 432 g/mol. The fourth-order valence-electron chi connectivity index (χ4n) is 2.42. The van der Waals surface area contributed by atoms with Crippen molar-refractivity contribution in [3.63, 3.8) is 0 Å². The van der Waals surface area contributed by atoms with Gasteiger partial charge in [0.1, 0.15) is 18.1 Å². The summed E-state index contributed by atoms with van der Waals surface area (Å²) in [5, 5.41) is 3.99. The van der Waals surface area contributed by atoms with Gasteiger partial charge in [0.25, 0.3) is 5.91 Å². The molecule has 3 aromatic carbocycles. The van der Waals surface area contributed by atoms with Crippen LogP contribution in [0.2, 0.25) is 0 Å². The van der Waals surface area contributed by atoms with Crippen molar-refractivity contribution in [1.82, 2.24) is 5.43 Å². The summed E-state index contributed by atoms with van der Waals surface area (Å²) in [6, 6.07) is 24.7. The number of carbonyl (C=O) groups is 1. The maximum Gasteiger partial charge on any atom is 0.280 e. The van der Waals surface area contributed by atoms with E-state index in [2.05, 4.69) is 26.5 Å². The van der Waals surface area contributed by atoms with Crippen molar-refractivity contribution in [2.24, 2.45) is 5.10 Å². The highest BCUT2D eigenvalue weighted by Gasteiger charge is 2.13. The van der Waals surface area contributed by atoms with Gasteiger partial charge in [-0.2, -0.15) is 5.10 Å². The van der Waals surface area contributed by atoms with Crippen LogP contribution in [0.25, 0.3) is 0 Å². The number of amides is 1. The van der Waals surface area contributed by atoms with Gasteiger partial charge in [-0.15, -0.1) is 0 Å². The van der Waals surface area contributed by atoms with Crippen LogP contribution in [0, 0.1) is 0 Å². The second kappa shape index (κ2) is 10.4. The Morgan fingerprint density at radius 1 is 1.00 bits per heavy atom. The second-order valence-corrected chi connectivity index (χ2v) is 7.21. The largest absolute Gasteiger partial charge is 0.489 e. The zero-order valence-corrected chi connectivity index (χ0v) is 17.5. The Morgan fingerprint density at radius 2 is 1.66 bits per heavy atom. The van der Waals surface area contributed by atoms with Gasteiger partial charge in [-0.1, -0.05) is 46.3 Å². The third-order valence-electron chi connectivity index (χ3n) is 4.01. The summed E-state index contributed by atoms with van der Waals surface area (Å²) in [5.74, 6) is 1.06. The van der Waals surface area contributed by atoms with Crippen molar-refractivity contribution in [3.05, 3.63) is 94.5 Å². The predicted molar refractivity (Wildman–Crippen MR) is 117 cm³/mol. The van der Waals surface area contributed by atoms with Crippen LogP contribution in [0.1, 0.15) is 18.1 Å². The minimum Gasteiger partial charge on any atom is -0.489 e. The first-order valence-corrected chi connectivity index (χ1v) is 9.91. The van der Waals surface area contributed by atoms with Gasteiger partial charge in [0.15, 0.2) is 6.10 Å². The molecule has 0 aliphatic carbocycles. The fraction of sp³-hybridized carbons (Fsp3) is 0.130. The zero-order valence-electron chi connectivity index (χ0n) is 15.9. The van der Waals surface area contributed by atoms with Crippen molar-refractivity contribution >= 4 is 28.1 Å². The smallest absolute Gasteiger partial charge is 0.280 e. The third kappa shape index (κ3) is 6.76. The Balaban J connectivity index is 1.45. The number of hydrazone groups is 1. The third-order valence-corrected chi connectivity index (χ3v) is 4.54. The van der Waals surface area contributed by atoms with Crippen molar-refractivity contribution in [2.45, 2.75) is 19.6 Å². The van der Waals surface area contributed by atoms with Crippen LogP contribution in [0.15, 0.2) is 88.4 Å². The molecular formula is C23H21BrN2O3. The van der Waals surface area contributed by atoms with Gasteiger partial charge >= 0.3 is 0 Å². The molecule has 1 atom stereocenters. The molecule has 0 saturated carbocycles. The lowest BCUT2D eigenvalue weighted by Gasteiger charge is -2.12. The molecule has 0 heterocycles. The second-order valence-electron chi connectivity index (χ2n) is 6.29. The standard InChI is InChI=1S/C23H21BrN2O3/c1-17(29-22-13-9-20(24)10-14-22)23(27)26-25-15-18-7-11-21(12-8-18)28-16-19-5-3-2-4-6-19/h2-15,17H,16H2,1H3,(H,26,27)/b25-15-/t17-/m0/s1. The summed E-state index contributed by atoms with van der Waals surface area (Å²) in [7, 11) is 0. The zero-order chi connectivity index (χ0) is 20.5. The first-order chi connectivity index (χ1) is 14.1. The van der Waals surface area contributed by atoms with E-state index >= 15 is 0 Å². The van der Waals surface area contributed by atoms with Gasteiger partial charge in [-0.3, -0.25) is 4.79 Å². The molecule has 3 rings (SSSR count). The van der Waals surface area contributed by atoms with Crippen LogP contribution >= 0.6 is 15.9 Å². The van der Waals surface area contributed by atoms with Crippen LogP contribution in [0.4, 0.5) is 0 Å². The summed E-state index contributed by atoms with van der Waals surface area (Å²) < 4.78 is 12.3. The first-order valence-electron chi connectivity index (χ1n) is 9.12. The normalized spacial score (nSPS) is 11.8. The van der Waals surface area contributed by atoms with Crippen LogP contribution in [0.5, 0.6) is 11.5 Å². The Morgan fingerprint density at radius 3 is 2.34 bits per heavy atom. The molecule has 0 fully saturated rings. The van der Waals surface area contributed by atoms with E-state index in [1.807, 2.05) is 66.7 Å². The Kier molecular flexibility index (Phi) is 7.41. The summed E-state index contributed by atoms with van der Waals surface area (Å²) in [4.78, 5) is 12.1. The van der Waals surface area contributed by atoms with E-state index in [0.29, 0.717) is 12.4 Å². The molecule has 29 heavy (non-hydrogen) atoms. The lowest BCUT2D eigenvalue weighted by Crippen LogP contribution is -2.33. The van der Waals surface area contributed by atoms with E-state index in [9.17, 15) is 4.79 Å². The number of halogens is 1. The molecule has 0 saturated heterocycles. The Bertz CT molecular complexity index is 942. The molecule has 0 spiro atoms. The molecule has 1 amide bonds. The molecule has 0 aromatic heterocycles. The van der Waals surface area contributed by atoms with Gasteiger partial charge in [0.05, 0.1) is 6.21 Å². The van der Waals surface area contributed by atoms with E-state index in [4.69, 9.17) is 9.47 Å². The maximum atomic E-state index is 12.1. The van der Waals surface area contributed by atoms with E-state index in [1.54, 1.807) is 25.3 Å². The minimum atomic E-state index is -0.665. The molecule has 0 bridgehead atoms. The van der Waals surface area contributed by atoms with Crippen molar-refractivity contribution in [2.75, 3.05) is 0 Å². The molecule has 0 aliphatic heterocycles. The van der Waals surface area contributed by atoms with E-state index in [1.165, 1.54) is 0 Å². The first kappa shape index (κ1) is 20.6. The molecule has 0 unspecified atom stereocenters. The van der Waals surface area contributed by atoms with Crippen molar-refractivity contribution in [1.29, 1.82) is 0 Å². The van der Waals surface area contributed by atoms with Crippen LogP contribution in [-0.2, 0) is 11.4 Å². The molecule has 3 aromatic rings. The number of carbonyl (C=O) groups excluding carboxylic acids is 1. The number of nitrogens with zero attached hydrogens (tertiary/aromatic N) is 1. The highest BCUT2D eigenvalue weighted by atomic mass is 79.9. The fourth-order valence-corrected chi connectivity index (χ4v) is 2.69. The number of benzene rings is 3. The number of rotatable bonds is 8. The molecule has 6 heteroatoms. The minimum absolute atomic E-state index is 0.327. The van der Waals surface area contributed by atoms with Gasteiger partial charge in [0.2, 0.25) is 0 Å². The summed E-state index contributed by atoms with van der Waals surface area (Å²) in [5.41, 5.74) is 4.45. The van der Waals surface area contributed by atoms with Gasteiger partial charge in [0, 0.05) is 4.47 Å². The van der Waals surface area contributed by atoms with Crippen LogP contribution in [-0.4, -0.2) is 18.2 Å². The van der Waals surface area contributed by atoms with Crippen molar-refractivity contribution in [3.8, 4) is 11.5 Å². The summed E-state index contributed by atoms with van der Waals surface area (Å²) in [6.45, 7) is 2.19. The lowest BCUT2D eigenvalue weighted by molar-refractivity contribution is -0.127. The molecule has 148 valence electrons. The lowest BCUT2D eigenvalue weighted by atomic mass is 10.2. The summed E-state index contributed by atoms with van der Waals surface area (Å²) >= 11 is 3.36. The molecule has 0 radical (unpaired) electrons. The van der Waals surface area contributed by atoms with Gasteiger partial charge in [-0.05, 0) is 66.6 Å². The Hall–Kier alpha value is -3.12. The predicted octanol–water partition coefficient (Wildman–Crippen LogP) is 4.95. The number of ether oxygens (including phenoxy) is 2. The summed E-state index contributed by atoms with van der Waals surface area (Å²) in [6.07, 6.45) is 0.910. The van der Waals surface area contributed by atoms with E-state index in [0.717, 1.165) is 21.3 Å². The Labute approximate surface area is 178 Å². The topological polar surface area (TPSA) is 59.9 Å². The van der Waals surface area contributed by atoms with Crippen LogP contribution in [0.3, 0.4) is 0 Å². The van der Waals surface area contributed by atoms with Gasteiger partial charge in [-0.25, -0.2) is 5.43 Å². The number of hydrogen-bond acceptors (Lipinski definition) is 4. The number of hydrogen-bond donors (Lipinski definition) is 1. The van der Waals surface area contributed by atoms with E-state index < -0.39 is 6.10 Å². The number of nitrogens with one attached hydrogen (secondary N) is 1. The quantitative estimate of drug-likeness (QED) is 0.388. The van der Waals surface area contributed by atoms with E-state index in [-0.39, 0.29) is 5.91 Å². The average molecular weight is 453 g/mol. The molecule has 1 N–H and O–H groups in total. The van der Waals surface area contributed by atoms with Crippen molar-refractivity contribution < 1.29 is 14.3 Å². The highest BCUT2D eigenvalue weighted by Crippen LogP contribution is 2.17. The highest BCUT2D eigenvalue weighted by molar-refractivity contribution is 9.10. The van der Waals surface area contributed by atoms with Crippen LogP contribution < -0.4 is 14.9 Å². The monoisotopic (exact) mass is 452 g/mol. The molecule has 5 nitrogen and oxygen atoms in total.